The molecule has 0 aliphatic carbocycles. The first-order chi connectivity index (χ1) is 8.63. The lowest BCUT2D eigenvalue weighted by Crippen LogP contribution is -2.46. The summed E-state index contributed by atoms with van der Waals surface area (Å²) in [5, 5.41) is 11.5. The van der Waals surface area contributed by atoms with E-state index in [1.165, 1.54) is 0 Å². The van der Waals surface area contributed by atoms with Gasteiger partial charge in [-0.1, -0.05) is 0 Å². The van der Waals surface area contributed by atoms with E-state index in [1.807, 2.05) is 0 Å². The van der Waals surface area contributed by atoms with Crippen molar-refractivity contribution in [3.8, 4) is 0 Å². The van der Waals surface area contributed by atoms with Crippen LogP contribution in [0.1, 0.15) is 32.1 Å². The van der Waals surface area contributed by atoms with E-state index in [4.69, 9.17) is 10.8 Å². The third kappa shape index (κ3) is 5.35. The fourth-order valence-electron chi connectivity index (χ4n) is 2.22. The molecule has 0 bridgehead atoms. The Hall–Kier alpha value is -1.30. The van der Waals surface area contributed by atoms with Gasteiger partial charge in [0.1, 0.15) is 0 Å². The number of nitrogens with zero attached hydrogens (tertiary/aromatic N) is 1. The molecule has 1 heterocycles. The fourth-order valence-corrected chi connectivity index (χ4v) is 2.22. The predicted octanol–water partition coefficient (Wildman–Crippen LogP) is 0.622. The van der Waals surface area contributed by atoms with Crippen LogP contribution in [0.4, 0.5) is 4.79 Å². The van der Waals surface area contributed by atoms with Crippen molar-refractivity contribution < 1.29 is 14.7 Å². The monoisotopic (exact) mass is 257 g/mol. The molecule has 1 aliphatic rings. The number of hydrogen-bond acceptors (Lipinski definition) is 3. The predicted molar refractivity (Wildman–Crippen MR) is 68.2 cm³/mol. The van der Waals surface area contributed by atoms with E-state index in [0.717, 1.165) is 25.8 Å². The van der Waals surface area contributed by atoms with Crippen LogP contribution in [-0.4, -0.2) is 48.2 Å². The number of rotatable bonds is 6. The molecule has 0 aromatic heterocycles. The van der Waals surface area contributed by atoms with Crippen LogP contribution >= 0.6 is 0 Å². The third-order valence-corrected chi connectivity index (χ3v) is 3.23. The van der Waals surface area contributed by atoms with Gasteiger partial charge < -0.3 is 21.1 Å². The average Bonchev–Trinajstić information content (AvgIpc) is 2.37. The lowest BCUT2D eigenvalue weighted by Gasteiger charge is -2.32. The largest absolute Gasteiger partial charge is 0.481 e. The number of likely N-dealkylation sites (tertiary alicyclic amines) is 1. The number of piperidine rings is 1. The van der Waals surface area contributed by atoms with Crippen LogP contribution in [0.3, 0.4) is 0 Å². The average molecular weight is 257 g/mol. The minimum absolute atomic E-state index is 0.0523. The third-order valence-electron chi connectivity index (χ3n) is 3.23. The molecule has 1 unspecified atom stereocenters. The molecule has 0 radical (unpaired) electrons. The molecular formula is C12H23N3O3. The van der Waals surface area contributed by atoms with E-state index >= 15 is 0 Å². The van der Waals surface area contributed by atoms with E-state index in [9.17, 15) is 9.59 Å². The van der Waals surface area contributed by atoms with Crippen LogP contribution < -0.4 is 11.1 Å². The molecule has 0 saturated carbocycles. The molecule has 6 nitrogen and oxygen atoms in total. The fraction of sp³-hybridized carbons (Fsp3) is 0.833. The Labute approximate surface area is 108 Å². The lowest BCUT2D eigenvalue weighted by atomic mass is 9.93. The van der Waals surface area contributed by atoms with E-state index in [2.05, 4.69) is 5.32 Å². The van der Waals surface area contributed by atoms with E-state index in [-0.39, 0.29) is 12.5 Å². The maximum Gasteiger partial charge on any atom is 0.317 e. The zero-order chi connectivity index (χ0) is 13.4. The van der Waals surface area contributed by atoms with Gasteiger partial charge >= 0.3 is 12.0 Å². The van der Waals surface area contributed by atoms with Crippen LogP contribution in [0.5, 0.6) is 0 Å². The van der Waals surface area contributed by atoms with Crippen molar-refractivity contribution in [1.29, 1.82) is 0 Å². The Bertz CT molecular complexity index is 284. The molecule has 4 N–H and O–H groups in total. The summed E-state index contributed by atoms with van der Waals surface area (Å²) in [7, 11) is 0. The minimum atomic E-state index is -0.764. The summed E-state index contributed by atoms with van der Waals surface area (Å²) in [6.07, 6.45) is 3.59. The first-order valence-electron chi connectivity index (χ1n) is 6.58. The Kier molecular flexibility index (Phi) is 6.49. The van der Waals surface area contributed by atoms with Crippen LogP contribution in [0.15, 0.2) is 0 Å². The highest BCUT2D eigenvalue weighted by Crippen LogP contribution is 2.20. The number of aliphatic carboxylic acids is 1. The van der Waals surface area contributed by atoms with Crippen LogP contribution in [0.2, 0.25) is 0 Å². The number of carboxylic acids is 1. The molecule has 104 valence electrons. The number of carboxylic acid groups (broad SMARTS) is 1. The molecule has 1 aliphatic heterocycles. The second kappa shape index (κ2) is 7.92. The molecule has 2 amide bonds. The second-order valence-electron chi connectivity index (χ2n) is 4.76. The molecule has 0 spiro atoms. The number of nitrogens with two attached hydrogens (primary N) is 1. The molecule has 18 heavy (non-hydrogen) atoms. The Morgan fingerprint density at radius 2 is 2.22 bits per heavy atom. The van der Waals surface area contributed by atoms with Gasteiger partial charge in [0.2, 0.25) is 0 Å². The second-order valence-corrected chi connectivity index (χ2v) is 4.76. The number of carbonyl (C=O) groups is 2. The van der Waals surface area contributed by atoms with Crippen molar-refractivity contribution in [2.24, 2.45) is 11.7 Å². The highest BCUT2D eigenvalue weighted by atomic mass is 16.4. The molecule has 0 aromatic rings. The molecule has 1 atom stereocenters. The van der Waals surface area contributed by atoms with Gasteiger partial charge in [-0.25, -0.2) is 4.79 Å². The van der Waals surface area contributed by atoms with Crippen molar-refractivity contribution in [3.63, 3.8) is 0 Å². The molecule has 6 heteroatoms. The Balaban J connectivity index is 2.28. The van der Waals surface area contributed by atoms with Crippen molar-refractivity contribution in [3.05, 3.63) is 0 Å². The van der Waals surface area contributed by atoms with Gasteiger partial charge in [-0.05, 0) is 38.1 Å². The van der Waals surface area contributed by atoms with Crippen LogP contribution in [-0.2, 0) is 4.79 Å². The smallest absolute Gasteiger partial charge is 0.317 e. The first-order valence-corrected chi connectivity index (χ1v) is 6.58. The number of urea groups is 1. The number of hydrogen-bond donors (Lipinski definition) is 3. The SMILES string of the molecule is NCCCNC(=O)N1CCCC(CCC(=O)O)C1. The molecule has 0 aromatic carbocycles. The normalized spacial score (nSPS) is 19.6. The summed E-state index contributed by atoms with van der Waals surface area (Å²) in [6.45, 7) is 2.60. The first kappa shape index (κ1) is 14.8. The summed E-state index contributed by atoms with van der Waals surface area (Å²) >= 11 is 0. The molecular weight excluding hydrogens is 234 g/mol. The van der Waals surface area contributed by atoms with Crippen molar-refractivity contribution in [2.45, 2.75) is 32.1 Å². The number of nitrogens with one attached hydrogen (secondary N) is 1. The van der Waals surface area contributed by atoms with E-state index in [0.29, 0.717) is 32.0 Å². The molecule has 1 saturated heterocycles. The summed E-state index contributed by atoms with van der Waals surface area (Å²) in [6, 6.07) is -0.0523. The van der Waals surface area contributed by atoms with Crippen molar-refractivity contribution in [1.82, 2.24) is 10.2 Å². The lowest BCUT2D eigenvalue weighted by molar-refractivity contribution is -0.137. The van der Waals surface area contributed by atoms with Gasteiger partial charge in [-0.15, -0.1) is 0 Å². The van der Waals surface area contributed by atoms with Gasteiger partial charge in [0.05, 0.1) is 0 Å². The number of carbonyl (C=O) groups excluding carboxylic acids is 1. The quantitative estimate of drug-likeness (QED) is 0.608. The zero-order valence-corrected chi connectivity index (χ0v) is 10.7. The Morgan fingerprint density at radius 1 is 1.44 bits per heavy atom. The minimum Gasteiger partial charge on any atom is -0.481 e. The van der Waals surface area contributed by atoms with E-state index < -0.39 is 5.97 Å². The summed E-state index contributed by atoms with van der Waals surface area (Å²) in [5.41, 5.74) is 5.36. The van der Waals surface area contributed by atoms with Crippen molar-refractivity contribution in [2.75, 3.05) is 26.2 Å². The van der Waals surface area contributed by atoms with Gasteiger partial charge in [0, 0.05) is 26.1 Å². The summed E-state index contributed by atoms with van der Waals surface area (Å²) in [5.74, 6) is -0.449. The summed E-state index contributed by atoms with van der Waals surface area (Å²) < 4.78 is 0. The zero-order valence-electron chi connectivity index (χ0n) is 10.7. The Morgan fingerprint density at radius 3 is 2.89 bits per heavy atom. The van der Waals surface area contributed by atoms with Gasteiger partial charge in [0.25, 0.3) is 0 Å². The van der Waals surface area contributed by atoms with Gasteiger partial charge in [-0.2, -0.15) is 0 Å². The van der Waals surface area contributed by atoms with Crippen LogP contribution in [0.25, 0.3) is 0 Å². The van der Waals surface area contributed by atoms with Gasteiger partial charge in [0.15, 0.2) is 0 Å². The summed E-state index contributed by atoms with van der Waals surface area (Å²) in [4.78, 5) is 24.1. The van der Waals surface area contributed by atoms with Crippen molar-refractivity contribution >= 4 is 12.0 Å². The number of amides is 2. The molecule has 1 fully saturated rings. The topological polar surface area (TPSA) is 95.7 Å². The molecule has 1 rings (SSSR count). The standard InChI is InChI=1S/C12H23N3O3/c13-6-2-7-14-12(18)15-8-1-3-10(9-15)4-5-11(16)17/h10H,1-9,13H2,(H,14,18)(H,16,17). The maximum atomic E-state index is 11.8. The highest BCUT2D eigenvalue weighted by Gasteiger charge is 2.23. The van der Waals surface area contributed by atoms with E-state index in [1.54, 1.807) is 4.90 Å². The van der Waals surface area contributed by atoms with Crippen LogP contribution in [0, 0.1) is 5.92 Å². The maximum absolute atomic E-state index is 11.8. The highest BCUT2D eigenvalue weighted by molar-refractivity contribution is 5.74. The van der Waals surface area contributed by atoms with Gasteiger partial charge in [-0.3, -0.25) is 4.79 Å².